The predicted octanol–water partition coefficient (Wildman–Crippen LogP) is 3.34. The van der Waals surface area contributed by atoms with Crippen LogP contribution < -0.4 is 14.8 Å². The first-order chi connectivity index (χ1) is 15.3. The van der Waals surface area contributed by atoms with Crippen LogP contribution in [-0.2, 0) is 11.3 Å². The van der Waals surface area contributed by atoms with Gasteiger partial charge in [-0.25, -0.2) is 0 Å². The number of hydrogen-bond acceptors (Lipinski definition) is 7. The Kier molecular flexibility index (Phi) is 7.08. The third kappa shape index (κ3) is 5.05. The van der Waals surface area contributed by atoms with E-state index in [9.17, 15) is 14.9 Å². The summed E-state index contributed by atoms with van der Waals surface area (Å²) in [6, 6.07) is 4.97. The first-order valence-corrected chi connectivity index (χ1v) is 10.2. The highest BCUT2D eigenvalue weighted by Gasteiger charge is 2.24. The third-order valence-corrected chi connectivity index (χ3v) is 4.81. The van der Waals surface area contributed by atoms with Gasteiger partial charge in [0.2, 0.25) is 5.91 Å². The van der Waals surface area contributed by atoms with E-state index in [1.54, 1.807) is 30.9 Å². The highest BCUT2D eigenvalue weighted by atomic mass is 16.6. The Morgan fingerprint density at radius 3 is 2.56 bits per heavy atom. The van der Waals surface area contributed by atoms with Gasteiger partial charge in [-0.05, 0) is 45.4 Å². The maximum Gasteiger partial charge on any atom is 0.309 e. The summed E-state index contributed by atoms with van der Waals surface area (Å²) in [5, 5.41) is 22.0. The van der Waals surface area contributed by atoms with Crippen LogP contribution in [0.25, 0.3) is 0 Å². The van der Waals surface area contributed by atoms with Gasteiger partial charge in [0.15, 0.2) is 11.5 Å². The molecule has 2 heterocycles. The van der Waals surface area contributed by atoms with Crippen molar-refractivity contribution in [1.29, 1.82) is 0 Å². The Morgan fingerprint density at radius 2 is 1.91 bits per heavy atom. The summed E-state index contributed by atoms with van der Waals surface area (Å²) in [7, 11) is 0. The fourth-order valence-corrected chi connectivity index (χ4v) is 3.24. The van der Waals surface area contributed by atoms with E-state index in [-0.39, 0.29) is 11.6 Å². The summed E-state index contributed by atoms with van der Waals surface area (Å²) in [6.45, 7) is 8.55. The van der Waals surface area contributed by atoms with Crippen molar-refractivity contribution in [3.8, 4) is 11.5 Å². The lowest BCUT2D eigenvalue weighted by Crippen LogP contribution is -2.25. The smallest absolute Gasteiger partial charge is 0.309 e. The predicted molar refractivity (Wildman–Crippen MR) is 117 cm³/mol. The molecule has 0 spiro atoms. The van der Waals surface area contributed by atoms with E-state index in [2.05, 4.69) is 15.5 Å². The standard InChI is InChI=1S/C21H26N6O5/c1-5-31-19-8-7-16(9-20(19)32-6-2)12-25-13-17(10-22-25)24-21(28)15(4)26-14(3)18(11-23-26)27(29)30/h7-11,13,15H,5-6,12H2,1-4H3,(H,24,28). The maximum absolute atomic E-state index is 12.6. The number of amides is 1. The van der Waals surface area contributed by atoms with Gasteiger partial charge in [-0.15, -0.1) is 0 Å². The minimum Gasteiger partial charge on any atom is -0.490 e. The van der Waals surface area contributed by atoms with Crippen molar-refractivity contribution in [1.82, 2.24) is 19.6 Å². The zero-order chi connectivity index (χ0) is 23.3. The molecule has 3 aromatic rings. The van der Waals surface area contributed by atoms with Gasteiger partial charge in [0, 0.05) is 6.20 Å². The van der Waals surface area contributed by atoms with Gasteiger partial charge in [-0.3, -0.25) is 24.3 Å². The molecule has 3 rings (SSSR count). The summed E-state index contributed by atoms with van der Waals surface area (Å²) < 4.78 is 14.3. The molecule has 32 heavy (non-hydrogen) atoms. The molecule has 0 fully saturated rings. The van der Waals surface area contributed by atoms with Gasteiger partial charge in [-0.2, -0.15) is 10.2 Å². The molecule has 0 aliphatic heterocycles. The molecule has 1 aromatic carbocycles. The van der Waals surface area contributed by atoms with Crippen molar-refractivity contribution in [3.05, 3.63) is 58.2 Å². The number of anilines is 1. The lowest BCUT2D eigenvalue weighted by atomic mass is 10.2. The van der Waals surface area contributed by atoms with Crippen LogP contribution >= 0.6 is 0 Å². The number of carbonyl (C=O) groups excluding carboxylic acids is 1. The zero-order valence-corrected chi connectivity index (χ0v) is 18.4. The van der Waals surface area contributed by atoms with Crippen LogP contribution in [0, 0.1) is 17.0 Å². The SMILES string of the molecule is CCOc1ccc(Cn2cc(NC(=O)C(C)n3ncc([N+](=O)[O-])c3C)cn2)cc1OCC. The van der Waals surface area contributed by atoms with Gasteiger partial charge < -0.3 is 14.8 Å². The van der Waals surface area contributed by atoms with E-state index >= 15 is 0 Å². The molecule has 2 aromatic heterocycles. The summed E-state index contributed by atoms with van der Waals surface area (Å²) in [5.41, 5.74) is 1.66. The highest BCUT2D eigenvalue weighted by Crippen LogP contribution is 2.29. The maximum atomic E-state index is 12.6. The second-order valence-corrected chi connectivity index (χ2v) is 7.06. The second-order valence-electron chi connectivity index (χ2n) is 7.06. The Bertz CT molecular complexity index is 1110. The largest absolute Gasteiger partial charge is 0.490 e. The minimum atomic E-state index is -0.730. The monoisotopic (exact) mass is 442 g/mol. The zero-order valence-electron chi connectivity index (χ0n) is 18.4. The first-order valence-electron chi connectivity index (χ1n) is 10.2. The van der Waals surface area contributed by atoms with E-state index in [1.165, 1.54) is 4.68 Å². The summed E-state index contributed by atoms with van der Waals surface area (Å²) in [5.74, 6) is 1.00. The van der Waals surface area contributed by atoms with Crippen LogP contribution in [0.4, 0.5) is 11.4 Å². The molecular formula is C21H26N6O5. The molecule has 11 nitrogen and oxygen atoms in total. The van der Waals surface area contributed by atoms with E-state index < -0.39 is 11.0 Å². The molecule has 1 N–H and O–H groups in total. The van der Waals surface area contributed by atoms with Crippen LogP contribution in [0.2, 0.25) is 0 Å². The quantitative estimate of drug-likeness (QED) is 0.377. The Hall–Kier alpha value is -3.89. The van der Waals surface area contributed by atoms with Crippen LogP contribution in [0.15, 0.2) is 36.8 Å². The number of aromatic nitrogens is 4. The number of benzene rings is 1. The normalized spacial score (nSPS) is 11.8. The van der Waals surface area contributed by atoms with Gasteiger partial charge in [0.25, 0.3) is 0 Å². The van der Waals surface area contributed by atoms with E-state index in [0.29, 0.717) is 42.6 Å². The molecule has 170 valence electrons. The first kappa shape index (κ1) is 22.8. The fraction of sp³-hybridized carbons (Fsp3) is 0.381. The lowest BCUT2D eigenvalue weighted by molar-refractivity contribution is -0.385. The third-order valence-electron chi connectivity index (χ3n) is 4.81. The number of ether oxygens (including phenoxy) is 2. The van der Waals surface area contributed by atoms with Crippen molar-refractivity contribution in [3.63, 3.8) is 0 Å². The number of nitrogens with zero attached hydrogens (tertiary/aromatic N) is 5. The van der Waals surface area contributed by atoms with Gasteiger partial charge in [0.05, 0.1) is 36.6 Å². The average Bonchev–Trinajstić information content (AvgIpc) is 3.35. The number of rotatable bonds is 10. The Morgan fingerprint density at radius 1 is 1.19 bits per heavy atom. The van der Waals surface area contributed by atoms with E-state index in [0.717, 1.165) is 11.8 Å². The Labute approximate surface area is 185 Å². The molecule has 0 saturated heterocycles. The second kappa shape index (κ2) is 9.94. The summed E-state index contributed by atoms with van der Waals surface area (Å²) in [6.07, 6.45) is 4.39. The molecule has 0 aliphatic rings. The lowest BCUT2D eigenvalue weighted by Gasteiger charge is -2.13. The van der Waals surface area contributed by atoms with Crippen molar-refractivity contribution in [2.45, 2.75) is 40.3 Å². The fourth-order valence-electron chi connectivity index (χ4n) is 3.24. The molecule has 1 unspecified atom stereocenters. The topological polar surface area (TPSA) is 126 Å². The van der Waals surface area contributed by atoms with Gasteiger partial charge in [0.1, 0.15) is 17.9 Å². The van der Waals surface area contributed by atoms with Gasteiger partial charge in [-0.1, -0.05) is 6.07 Å². The molecule has 11 heteroatoms. The Balaban J connectivity index is 1.67. The molecule has 0 bridgehead atoms. The van der Waals surface area contributed by atoms with Crippen molar-refractivity contribution in [2.24, 2.45) is 0 Å². The van der Waals surface area contributed by atoms with E-state index in [4.69, 9.17) is 9.47 Å². The number of nitro groups is 1. The van der Waals surface area contributed by atoms with Crippen molar-refractivity contribution < 1.29 is 19.2 Å². The van der Waals surface area contributed by atoms with Crippen molar-refractivity contribution in [2.75, 3.05) is 18.5 Å². The average molecular weight is 442 g/mol. The molecule has 1 amide bonds. The molecule has 0 aliphatic carbocycles. The van der Waals surface area contributed by atoms with Crippen LogP contribution in [0.5, 0.6) is 11.5 Å². The molecular weight excluding hydrogens is 416 g/mol. The van der Waals surface area contributed by atoms with Gasteiger partial charge >= 0.3 is 5.69 Å². The minimum absolute atomic E-state index is 0.126. The number of hydrogen-bond donors (Lipinski definition) is 1. The number of nitrogens with one attached hydrogen (secondary N) is 1. The van der Waals surface area contributed by atoms with Crippen LogP contribution in [0.3, 0.4) is 0 Å². The van der Waals surface area contributed by atoms with Crippen LogP contribution in [-0.4, -0.2) is 43.6 Å². The van der Waals surface area contributed by atoms with Crippen LogP contribution in [0.1, 0.15) is 38.1 Å². The molecule has 0 radical (unpaired) electrons. The molecule has 0 saturated carbocycles. The van der Waals surface area contributed by atoms with E-state index in [1.807, 2.05) is 32.0 Å². The number of carbonyl (C=O) groups is 1. The molecule has 1 atom stereocenters. The van der Waals surface area contributed by atoms with Crippen molar-refractivity contribution >= 4 is 17.3 Å². The summed E-state index contributed by atoms with van der Waals surface area (Å²) in [4.78, 5) is 23.1. The highest BCUT2D eigenvalue weighted by molar-refractivity contribution is 5.93. The summed E-state index contributed by atoms with van der Waals surface area (Å²) >= 11 is 0.